The molecule has 0 spiro atoms. The maximum atomic E-state index is 12.9. The van der Waals surface area contributed by atoms with Gasteiger partial charge in [0.25, 0.3) is 5.91 Å². The molecule has 4 rings (SSSR count). The molecule has 1 aromatic heterocycles. The highest BCUT2D eigenvalue weighted by Gasteiger charge is 2.23. The molecule has 0 aliphatic carbocycles. The molecule has 1 amide bonds. The van der Waals surface area contributed by atoms with E-state index in [0.717, 1.165) is 36.3 Å². The first-order valence-corrected chi connectivity index (χ1v) is 12.0. The van der Waals surface area contributed by atoms with Crippen molar-refractivity contribution in [2.45, 2.75) is 51.8 Å². The second kappa shape index (κ2) is 9.41. The second-order valence-electron chi connectivity index (χ2n) is 9.24. The third kappa shape index (κ3) is 5.18. The fourth-order valence-electron chi connectivity index (χ4n) is 4.03. The van der Waals surface area contributed by atoms with Crippen LogP contribution in [-0.4, -0.2) is 27.0 Å². The summed E-state index contributed by atoms with van der Waals surface area (Å²) >= 11 is 1.44. The van der Waals surface area contributed by atoms with Crippen LogP contribution in [0.25, 0.3) is 11.1 Å². The molecule has 168 valence electrons. The minimum absolute atomic E-state index is 0.0460. The van der Waals surface area contributed by atoms with Gasteiger partial charge in [-0.2, -0.15) is 5.10 Å². The van der Waals surface area contributed by atoms with Crippen LogP contribution in [0.15, 0.2) is 54.7 Å². The van der Waals surface area contributed by atoms with Crippen molar-refractivity contribution in [3.8, 4) is 16.9 Å². The zero-order chi connectivity index (χ0) is 22.7. The van der Waals surface area contributed by atoms with Crippen LogP contribution < -0.4 is 9.46 Å². The van der Waals surface area contributed by atoms with Gasteiger partial charge in [0.2, 0.25) is 0 Å². The average Bonchev–Trinajstić information content (AvgIpc) is 3.23. The van der Waals surface area contributed by atoms with Crippen molar-refractivity contribution in [3.63, 3.8) is 0 Å². The number of carbonyl (C=O) groups is 1. The molecule has 1 aliphatic heterocycles. The Morgan fingerprint density at radius 2 is 2.03 bits per heavy atom. The Kier molecular flexibility index (Phi) is 6.60. The summed E-state index contributed by atoms with van der Waals surface area (Å²) in [4.78, 5) is 12.9. The number of hydrogen-bond acceptors (Lipinski definition) is 4. The Balaban J connectivity index is 1.52. The number of amides is 1. The van der Waals surface area contributed by atoms with Crippen molar-refractivity contribution in [1.82, 2.24) is 14.5 Å². The van der Waals surface area contributed by atoms with Crippen molar-refractivity contribution < 1.29 is 9.53 Å². The lowest BCUT2D eigenvalue weighted by molar-refractivity contribution is 0.0984. The van der Waals surface area contributed by atoms with Gasteiger partial charge in [-0.15, -0.1) is 0 Å². The fourth-order valence-corrected chi connectivity index (χ4v) is 4.54. The number of aromatic nitrogens is 2. The summed E-state index contributed by atoms with van der Waals surface area (Å²) in [6.45, 7) is 9.92. The molecule has 0 saturated heterocycles. The molecule has 1 N–H and O–H groups in total. The first-order chi connectivity index (χ1) is 15.3. The van der Waals surface area contributed by atoms with Crippen molar-refractivity contribution >= 4 is 17.9 Å². The van der Waals surface area contributed by atoms with Gasteiger partial charge in [-0.25, -0.2) is 0 Å². The highest BCUT2D eigenvalue weighted by molar-refractivity contribution is 7.99. The van der Waals surface area contributed by atoms with E-state index in [1.165, 1.54) is 23.2 Å². The Hall–Kier alpha value is -2.73. The third-order valence-corrected chi connectivity index (χ3v) is 6.48. The predicted octanol–water partition coefficient (Wildman–Crippen LogP) is 5.54. The first-order valence-electron chi connectivity index (χ1n) is 11.2. The molecular weight excluding hydrogens is 418 g/mol. The van der Waals surface area contributed by atoms with E-state index < -0.39 is 0 Å². The van der Waals surface area contributed by atoms with E-state index >= 15 is 0 Å². The highest BCUT2D eigenvalue weighted by atomic mass is 32.2. The standard InChI is InChI=1S/C26H31N3O2S/c1-5-29-21(12-13-27-29)15-18-14-20-11-10-19(16-24(20)31-17-18)22-8-6-7-9-23(22)25(30)28-32-26(2,3)4/h6-13,16,18H,5,14-15,17H2,1-4H3,(H,28,30)/t18-/m0/s1. The topological polar surface area (TPSA) is 56.2 Å². The van der Waals surface area contributed by atoms with Gasteiger partial charge in [0.15, 0.2) is 0 Å². The molecule has 0 bridgehead atoms. The Labute approximate surface area is 194 Å². The van der Waals surface area contributed by atoms with Gasteiger partial charge in [-0.05, 0) is 87.4 Å². The molecule has 5 nitrogen and oxygen atoms in total. The zero-order valence-electron chi connectivity index (χ0n) is 19.2. The van der Waals surface area contributed by atoms with Gasteiger partial charge in [0.1, 0.15) is 5.75 Å². The molecule has 0 unspecified atom stereocenters. The molecular formula is C26H31N3O2S. The van der Waals surface area contributed by atoms with Crippen molar-refractivity contribution in [2.24, 2.45) is 5.92 Å². The van der Waals surface area contributed by atoms with Crippen LogP contribution in [0.5, 0.6) is 5.75 Å². The largest absolute Gasteiger partial charge is 0.493 e. The van der Waals surface area contributed by atoms with Crippen molar-refractivity contribution in [2.75, 3.05) is 6.61 Å². The highest BCUT2D eigenvalue weighted by Crippen LogP contribution is 2.34. The average molecular weight is 450 g/mol. The zero-order valence-corrected chi connectivity index (χ0v) is 20.0. The summed E-state index contributed by atoms with van der Waals surface area (Å²) in [5.74, 6) is 1.27. The minimum atomic E-state index is -0.0771. The summed E-state index contributed by atoms with van der Waals surface area (Å²) < 4.78 is 11.2. The number of nitrogens with one attached hydrogen (secondary N) is 1. The van der Waals surface area contributed by atoms with Gasteiger partial charge in [-0.3, -0.25) is 14.2 Å². The maximum Gasteiger partial charge on any atom is 0.261 e. The molecule has 1 atom stereocenters. The van der Waals surface area contributed by atoms with Crippen LogP contribution in [0.4, 0.5) is 0 Å². The number of benzene rings is 2. The molecule has 0 fully saturated rings. The van der Waals surface area contributed by atoms with E-state index in [4.69, 9.17) is 4.74 Å². The summed E-state index contributed by atoms with van der Waals surface area (Å²) in [6, 6.07) is 16.2. The molecule has 32 heavy (non-hydrogen) atoms. The summed E-state index contributed by atoms with van der Waals surface area (Å²) in [7, 11) is 0. The van der Waals surface area contributed by atoms with Crippen LogP contribution in [0.3, 0.4) is 0 Å². The lowest BCUT2D eigenvalue weighted by Crippen LogP contribution is -2.24. The number of rotatable bonds is 6. The van der Waals surface area contributed by atoms with E-state index in [2.05, 4.69) is 66.5 Å². The van der Waals surface area contributed by atoms with Crippen LogP contribution >= 0.6 is 11.9 Å². The second-order valence-corrected chi connectivity index (χ2v) is 10.9. The minimum Gasteiger partial charge on any atom is -0.493 e. The Morgan fingerprint density at radius 1 is 1.22 bits per heavy atom. The van der Waals surface area contributed by atoms with E-state index in [1.54, 1.807) is 0 Å². The van der Waals surface area contributed by atoms with Gasteiger partial charge < -0.3 is 4.74 Å². The van der Waals surface area contributed by atoms with Crippen LogP contribution in [0, 0.1) is 5.92 Å². The number of fused-ring (bicyclic) bond motifs is 1. The van der Waals surface area contributed by atoms with Gasteiger partial charge in [0, 0.05) is 34.7 Å². The Morgan fingerprint density at radius 3 is 2.81 bits per heavy atom. The number of hydrogen-bond donors (Lipinski definition) is 1. The molecule has 0 radical (unpaired) electrons. The van der Waals surface area contributed by atoms with E-state index in [9.17, 15) is 4.79 Å². The lowest BCUT2D eigenvalue weighted by Gasteiger charge is -2.26. The predicted molar refractivity (Wildman–Crippen MR) is 131 cm³/mol. The number of aryl methyl sites for hydroxylation is 1. The van der Waals surface area contributed by atoms with Gasteiger partial charge in [0.05, 0.1) is 6.61 Å². The van der Waals surface area contributed by atoms with Crippen LogP contribution in [0.1, 0.15) is 49.3 Å². The van der Waals surface area contributed by atoms with Crippen LogP contribution in [0.2, 0.25) is 0 Å². The van der Waals surface area contributed by atoms with E-state index in [-0.39, 0.29) is 10.7 Å². The SMILES string of the molecule is CCn1nccc1C[C@H]1COc2cc(-c3ccccc3C(=O)NSC(C)(C)C)ccc2C1. The lowest BCUT2D eigenvalue weighted by atomic mass is 9.90. The molecule has 6 heteroatoms. The maximum absolute atomic E-state index is 12.9. The van der Waals surface area contributed by atoms with Crippen molar-refractivity contribution in [1.29, 1.82) is 0 Å². The molecule has 2 aromatic carbocycles. The molecule has 0 saturated carbocycles. The fraction of sp³-hybridized carbons (Fsp3) is 0.385. The van der Waals surface area contributed by atoms with Gasteiger partial charge in [-0.1, -0.05) is 30.3 Å². The van der Waals surface area contributed by atoms with Crippen LogP contribution in [-0.2, 0) is 19.4 Å². The first kappa shape index (κ1) is 22.5. The third-order valence-electron chi connectivity index (χ3n) is 5.58. The van der Waals surface area contributed by atoms with E-state index in [0.29, 0.717) is 18.1 Å². The number of ether oxygens (including phenoxy) is 1. The number of carbonyl (C=O) groups excluding carboxylic acids is 1. The molecule has 2 heterocycles. The number of nitrogens with zero attached hydrogens (tertiary/aromatic N) is 2. The molecule has 3 aromatic rings. The quantitative estimate of drug-likeness (QED) is 0.502. The summed E-state index contributed by atoms with van der Waals surface area (Å²) in [6.07, 6.45) is 3.81. The summed E-state index contributed by atoms with van der Waals surface area (Å²) in [5.41, 5.74) is 5.07. The van der Waals surface area contributed by atoms with Crippen molar-refractivity contribution in [3.05, 3.63) is 71.5 Å². The smallest absolute Gasteiger partial charge is 0.261 e. The monoisotopic (exact) mass is 449 g/mol. The van der Waals surface area contributed by atoms with Gasteiger partial charge >= 0.3 is 0 Å². The molecule has 1 aliphatic rings. The normalized spacial score (nSPS) is 15.7. The summed E-state index contributed by atoms with van der Waals surface area (Å²) in [5, 5.41) is 4.38. The Bertz CT molecular complexity index is 1100. The van der Waals surface area contributed by atoms with E-state index in [1.807, 2.05) is 30.5 Å².